The Morgan fingerprint density at radius 1 is 1.17 bits per heavy atom. The zero-order valence-corrected chi connectivity index (χ0v) is 18.0. The Morgan fingerprint density at radius 3 is 2.38 bits per heavy atom. The van der Waals surface area contributed by atoms with Gasteiger partial charge in [0, 0.05) is 37.2 Å². The standard InChI is InChI=1S/C19H22ClN3O5S/c1-12(24)23-11-14(19(26)22(23)2)18(25)13-7-8-15(28-3)17(16(13)20)21-29(27)9-5-4-6-10-29/h7-8,11H,4-6,9-10H2,1-3H3. The van der Waals surface area contributed by atoms with Crippen molar-refractivity contribution in [2.24, 2.45) is 11.4 Å². The van der Waals surface area contributed by atoms with Crippen molar-refractivity contribution in [1.29, 1.82) is 0 Å². The third-order valence-corrected chi connectivity index (χ3v) is 7.65. The molecule has 1 fully saturated rings. The van der Waals surface area contributed by atoms with Crippen molar-refractivity contribution in [3.05, 3.63) is 44.8 Å². The number of aromatic nitrogens is 2. The molecule has 0 spiro atoms. The van der Waals surface area contributed by atoms with Crippen LogP contribution in [0.2, 0.25) is 5.02 Å². The third-order valence-electron chi connectivity index (χ3n) is 4.89. The summed E-state index contributed by atoms with van der Waals surface area (Å²) in [4.78, 5) is 37.1. The number of ether oxygens (including phenoxy) is 1. The molecule has 8 nitrogen and oxygen atoms in total. The maximum Gasteiger partial charge on any atom is 0.278 e. The largest absolute Gasteiger partial charge is 0.494 e. The zero-order valence-electron chi connectivity index (χ0n) is 16.4. The number of methoxy groups -OCH3 is 1. The predicted octanol–water partition coefficient (Wildman–Crippen LogP) is 3.02. The van der Waals surface area contributed by atoms with E-state index in [1.165, 1.54) is 39.4 Å². The fourth-order valence-corrected chi connectivity index (χ4v) is 5.85. The fourth-order valence-electron chi connectivity index (χ4n) is 3.30. The van der Waals surface area contributed by atoms with Gasteiger partial charge in [0.2, 0.25) is 11.7 Å². The average molecular weight is 440 g/mol. The number of hydrogen-bond donors (Lipinski definition) is 0. The van der Waals surface area contributed by atoms with E-state index in [2.05, 4.69) is 4.36 Å². The maximum atomic E-state index is 13.1. The molecule has 0 radical (unpaired) electrons. The van der Waals surface area contributed by atoms with E-state index in [4.69, 9.17) is 16.3 Å². The van der Waals surface area contributed by atoms with Gasteiger partial charge in [-0.05, 0) is 25.0 Å². The molecule has 1 aliphatic heterocycles. The summed E-state index contributed by atoms with van der Waals surface area (Å²) in [6.07, 6.45) is 3.82. The number of carbonyl (C=O) groups excluding carboxylic acids is 2. The van der Waals surface area contributed by atoms with Crippen molar-refractivity contribution in [1.82, 2.24) is 9.36 Å². The molecule has 2 heterocycles. The molecule has 10 heteroatoms. The summed E-state index contributed by atoms with van der Waals surface area (Å²) in [5, 5.41) is -0.0275. The smallest absolute Gasteiger partial charge is 0.278 e. The van der Waals surface area contributed by atoms with Crippen molar-refractivity contribution in [3.63, 3.8) is 0 Å². The monoisotopic (exact) mass is 439 g/mol. The molecule has 0 N–H and O–H groups in total. The second-order valence-electron chi connectivity index (χ2n) is 6.87. The molecule has 0 unspecified atom stereocenters. The van der Waals surface area contributed by atoms with E-state index in [1.807, 2.05) is 0 Å². The Kier molecular flexibility index (Phi) is 6.00. The van der Waals surface area contributed by atoms with E-state index in [1.54, 1.807) is 0 Å². The summed E-state index contributed by atoms with van der Waals surface area (Å²) in [6, 6.07) is 2.94. The predicted molar refractivity (Wildman–Crippen MR) is 111 cm³/mol. The molecular formula is C19H22ClN3O5S. The number of ketones is 1. The first-order chi connectivity index (χ1) is 13.7. The van der Waals surface area contributed by atoms with E-state index in [0.717, 1.165) is 28.6 Å². The number of nitrogens with zero attached hydrogens (tertiary/aromatic N) is 3. The molecule has 0 amide bonds. The molecular weight excluding hydrogens is 418 g/mol. The van der Waals surface area contributed by atoms with Gasteiger partial charge >= 0.3 is 0 Å². The van der Waals surface area contributed by atoms with Gasteiger partial charge in [0.15, 0.2) is 0 Å². The zero-order chi connectivity index (χ0) is 21.3. The fraction of sp³-hybridized carbons (Fsp3) is 0.421. The van der Waals surface area contributed by atoms with Crippen LogP contribution in [0, 0.1) is 0 Å². The lowest BCUT2D eigenvalue weighted by molar-refractivity contribution is 0.0906. The minimum absolute atomic E-state index is 0.0275. The summed E-state index contributed by atoms with van der Waals surface area (Å²) in [5.41, 5.74) is -0.630. The molecule has 0 bridgehead atoms. The van der Waals surface area contributed by atoms with Crippen LogP contribution >= 0.6 is 11.6 Å². The highest BCUT2D eigenvalue weighted by atomic mass is 35.5. The average Bonchev–Trinajstić information content (AvgIpc) is 2.98. The highest BCUT2D eigenvalue weighted by molar-refractivity contribution is 7.93. The Hall–Kier alpha value is -2.39. The quantitative estimate of drug-likeness (QED) is 0.681. The van der Waals surface area contributed by atoms with E-state index in [0.29, 0.717) is 17.3 Å². The molecule has 0 aliphatic carbocycles. The topological polar surface area (TPSA) is 99.7 Å². The summed E-state index contributed by atoms with van der Waals surface area (Å²) in [6.45, 7) is 1.28. The first-order valence-electron chi connectivity index (χ1n) is 9.12. The molecule has 156 valence electrons. The van der Waals surface area contributed by atoms with Gasteiger partial charge in [-0.3, -0.25) is 14.4 Å². The van der Waals surface area contributed by atoms with Crippen LogP contribution in [0.3, 0.4) is 0 Å². The Balaban J connectivity index is 2.15. The summed E-state index contributed by atoms with van der Waals surface area (Å²) in [5.74, 6) is 0.177. The summed E-state index contributed by atoms with van der Waals surface area (Å²) >= 11 is 6.48. The van der Waals surface area contributed by atoms with Gasteiger partial charge in [-0.2, -0.15) is 4.36 Å². The molecule has 0 saturated carbocycles. The Labute approximate surface area is 173 Å². The highest BCUT2D eigenvalue weighted by Gasteiger charge is 2.25. The van der Waals surface area contributed by atoms with Gasteiger partial charge in [-0.15, -0.1) is 0 Å². The van der Waals surface area contributed by atoms with Crippen LogP contribution in [0.25, 0.3) is 0 Å². The van der Waals surface area contributed by atoms with E-state index in [9.17, 15) is 18.6 Å². The summed E-state index contributed by atoms with van der Waals surface area (Å²) in [7, 11) is 0.334. The SMILES string of the molecule is COc1ccc(C(=O)c2cn(C(C)=O)n(C)c2=O)c(Cl)c1N=S1(=O)CCCCC1. The van der Waals surface area contributed by atoms with Crippen molar-refractivity contribution in [3.8, 4) is 5.75 Å². The van der Waals surface area contributed by atoms with Crippen molar-refractivity contribution in [2.75, 3.05) is 18.6 Å². The van der Waals surface area contributed by atoms with Crippen LogP contribution < -0.4 is 10.3 Å². The number of benzene rings is 1. The van der Waals surface area contributed by atoms with Crippen LogP contribution in [0.15, 0.2) is 27.5 Å². The third kappa shape index (κ3) is 4.02. The van der Waals surface area contributed by atoms with Crippen molar-refractivity contribution < 1.29 is 18.5 Å². The molecule has 1 aliphatic rings. The first kappa shape index (κ1) is 21.3. The van der Waals surface area contributed by atoms with Gasteiger partial charge in [-0.1, -0.05) is 18.0 Å². The normalized spacial score (nSPS) is 15.7. The van der Waals surface area contributed by atoms with Gasteiger partial charge < -0.3 is 4.74 Å². The minimum Gasteiger partial charge on any atom is -0.494 e. The van der Waals surface area contributed by atoms with Crippen LogP contribution in [-0.4, -0.2) is 43.9 Å². The van der Waals surface area contributed by atoms with E-state index < -0.39 is 27.0 Å². The molecule has 0 atom stereocenters. The lowest BCUT2D eigenvalue weighted by Crippen LogP contribution is -2.24. The number of hydrogen-bond acceptors (Lipinski definition) is 6. The van der Waals surface area contributed by atoms with Crippen molar-refractivity contribution >= 4 is 38.7 Å². The van der Waals surface area contributed by atoms with Gasteiger partial charge in [0.1, 0.15) is 17.0 Å². The minimum atomic E-state index is -2.49. The molecule has 2 aromatic rings. The van der Waals surface area contributed by atoms with Gasteiger partial charge in [0.25, 0.3) is 5.56 Å². The maximum absolute atomic E-state index is 13.1. The second-order valence-corrected chi connectivity index (χ2v) is 9.80. The lowest BCUT2D eigenvalue weighted by atomic mass is 10.0. The molecule has 3 rings (SSSR count). The highest BCUT2D eigenvalue weighted by Crippen LogP contribution is 2.40. The van der Waals surface area contributed by atoms with Gasteiger partial charge in [0.05, 0.1) is 21.9 Å². The number of rotatable bonds is 4. The molecule has 29 heavy (non-hydrogen) atoms. The van der Waals surface area contributed by atoms with E-state index >= 15 is 0 Å². The van der Waals surface area contributed by atoms with Crippen LogP contribution in [0.1, 0.15) is 46.9 Å². The number of halogens is 1. The van der Waals surface area contributed by atoms with Crippen LogP contribution in [0.4, 0.5) is 5.69 Å². The summed E-state index contributed by atoms with van der Waals surface area (Å²) < 4.78 is 24.9. The molecule has 1 saturated heterocycles. The van der Waals surface area contributed by atoms with Crippen molar-refractivity contribution in [2.45, 2.75) is 26.2 Å². The number of carbonyl (C=O) groups is 2. The lowest BCUT2D eigenvalue weighted by Gasteiger charge is -2.17. The van der Waals surface area contributed by atoms with Crippen LogP contribution in [0.5, 0.6) is 5.75 Å². The van der Waals surface area contributed by atoms with Gasteiger partial charge in [-0.25, -0.2) is 13.6 Å². The molecule has 1 aromatic heterocycles. The molecule has 1 aromatic carbocycles. The van der Waals surface area contributed by atoms with Crippen LogP contribution in [-0.2, 0) is 16.8 Å². The Bertz CT molecular complexity index is 1160. The van der Waals surface area contributed by atoms with E-state index in [-0.39, 0.29) is 21.8 Å². The first-order valence-corrected chi connectivity index (χ1v) is 11.3. The Morgan fingerprint density at radius 2 is 1.83 bits per heavy atom. The second kappa shape index (κ2) is 8.16.